The van der Waals surface area contributed by atoms with Crippen LogP contribution >= 0.6 is 0 Å². The number of benzene rings is 4. The van der Waals surface area contributed by atoms with E-state index in [1.807, 2.05) is 48.5 Å². The predicted octanol–water partition coefficient (Wildman–Crippen LogP) is 7.77. The summed E-state index contributed by atoms with van der Waals surface area (Å²) in [7, 11) is 0. The lowest BCUT2D eigenvalue weighted by Gasteiger charge is -2.23. The lowest BCUT2D eigenvalue weighted by molar-refractivity contribution is 0.0598. The van der Waals surface area contributed by atoms with Crippen LogP contribution in [0.2, 0.25) is 0 Å². The first kappa shape index (κ1) is 28.5. The molecule has 2 amide bonds. The number of halogens is 2. The Morgan fingerprint density at radius 2 is 1.42 bits per heavy atom. The van der Waals surface area contributed by atoms with Crippen molar-refractivity contribution in [2.75, 3.05) is 36.4 Å². The number of nitrogens with zero attached hydrogens (tertiary/aromatic N) is 2. The van der Waals surface area contributed by atoms with E-state index in [1.54, 1.807) is 60.7 Å². The standard InChI is InChI=1S/C36H33F2N3O2/c37-36(38)21-25-41(33-15-7-6-14-31(33)32(36)20-24-40-22-8-9-23-40)35(43)27-16-18-28(19-17-27)39-34(42)30-13-5-4-12-29(30)26-10-2-1-3-11-26/h1-7,10-20H,8-9,21-25H2,(H,39,42). The van der Waals surface area contributed by atoms with Crippen LogP contribution in [0.25, 0.3) is 16.7 Å². The van der Waals surface area contributed by atoms with Gasteiger partial charge < -0.3 is 10.2 Å². The van der Waals surface area contributed by atoms with Gasteiger partial charge in [-0.3, -0.25) is 14.5 Å². The third kappa shape index (κ3) is 6.13. The molecule has 1 saturated heterocycles. The second kappa shape index (κ2) is 12.3. The highest BCUT2D eigenvalue weighted by molar-refractivity contribution is 6.10. The van der Waals surface area contributed by atoms with E-state index in [0.717, 1.165) is 37.1 Å². The van der Waals surface area contributed by atoms with Crippen molar-refractivity contribution >= 4 is 28.8 Å². The molecule has 4 aromatic rings. The van der Waals surface area contributed by atoms with Gasteiger partial charge in [-0.2, -0.15) is 0 Å². The fourth-order valence-corrected chi connectivity index (χ4v) is 5.90. The molecule has 2 aliphatic heterocycles. The summed E-state index contributed by atoms with van der Waals surface area (Å²) in [6.07, 6.45) is 3.35. The average Bonchev–Trinajstić information content (AvgIpc) is 3.52. The number of alkyl halides is 2. The second-order valence-corrected chi connectivity index (χ2v) is 11.0. The molecule has 4 aromatic carbocycles. The van der Waals surface area contributed by atoms with Crippen LogP contribution in [0, 0.1) is 0 Å². The molecular formula is C36H33F2N3O2. The van der Waals surface area contributed by atoms with Gasteiger partial charge in [0.25, 0.3) is 17.7 Å². The highest BCUT2D eigenvalue weighted by Crippen LogP contribution is 2.43. The number of hydrogen-bond acceptors (Lipinski definition) is 3. The molecule has 0 atom stereocenters. The van der Waals surface area contributed by atoms with Crippen molar-refractivity contribution < 1.29 is 18.4 Å². The maximum Gasteiger partial charge on any atom is 0.275 e. The van der Waals surface area contributed by atoms with E-state index >= 15 is 8.78 Å². The van der Waals surface area contributed by atoms with Crippen molar-refractivity contribution in [1.82, 2.24) is 4.90 Å². The maximum atomic E-state index is 15.5. The van der Waals surface area contributed by atoms with E-state index in [0.29, 0.717) is 34.6 Å². The zero-order valence-electron chi connectivity index (χ0n) is 23.8. The molecule has 0 bridgehead atoms. The molecule has 218 valence electrons. The molecule has 1 N–H and O–H groups in total. The third-order valence-electron chi connectivity index (χ3n) is 8.17. The summed E-state index contributed by atoms with van der Waals surface area (Å²) in [5.41, 5.74) is 4.02. The van der Waals surface area contributed by atoms with Crippen molar-refractivity contribution in [3.8, 4) is 11.1 Å². The van der Waals surface area contributed by atoms with E-state index in [1.165, 1.54) is 4.90 Å². The van der Waals surface area contributed by atoms with Gasteiger partial charge in [-0.05, 0) is 73.5 Å². The Labute approximate surface area is 250 Å². The molecule has 0 spiro atoms. The Morgan fingerprint density at radius 3 is 2.16 bits per heavy atom. The Morgan fingerprint density at radius 1 is 0.767 bits per heavy atom. The Kier molecular flexibility index (Phi) is 8.16. The minimum absolute atomic E-state index is 0.0147. The Hall–Kier alpha value is -4.62. The van der Waals surface area contributed by atoms with Crippen LogP contribution in [0.5, 0.6) is 0 Å². The van der Waals surface area contributed by atoms with Crippen molar-refractivity contribution in [2.24, 2.45) is 0 Å². The van der Waals surface area contributed by atoms with Crippen LogP contribution in [-0.4, -0.2) is 48.8 Å². The zero-order valence-corrected chi connectivity index (χ0v) is 23.8. The van der Waals surface area contributed by atoms with Gasteiger partial charge in [0.1, 0.15) is 0 Å². The quantitative estimate of drug-likeness (QED) is 0.255. The van der Waals surface area contributed by atoms with Crippen LogP contribution in [0.15, 0.2) is 109 Å². The number of likely N-dealkylation sites (tertiary alicyclic amines) is 1. The van der Waals surface area contributed by atoms with Crippen molar-refractivity contribution in [3.63, 3.8) is 0 Å². The first-order valence-corrected chi connectivity index (χ1v) is 14.7. The molecule has 2 aliphatic rings. The van der Waals surface area contributed by atoms with Gasteiger partial charge in [0.2, 0.25) is 0 Å². The lowest BCUT2D eigenvalue weighted by atomic mass is 9.97. The normalized spacial score (nSPS) is 17.3. The number of fused-ring (bicyclic) bond motifs is 1. The maximum absolute atomic E-state index is 15.5. The van der Waals surface area contributed by atoms with Gasteiger partial charge >= 0.3 is 0 Å². The topological polar surface area (TPSA) is 52.7 Å². The number of nitrogens with one attached hydrogen (secondary N) is 1. The van der Waals surface area contributed by atoms with E-state index in [9.17, 15) is 9.59 Å². The van der Waals surface area contributed by atoms with Crippen molar-refractivity contribution in [3.05, 3.63) is 126 Å². The highest BCUT2D eigenvalue weighted by Gasteiger charge is 2.41. The van der Waals surface area contributed by atoms with Crippen LogP contribution < -0.4 is 10.2 Å². The first-order chi connectivity index (χ1) is 20.9. The smallest absolute Gasteiger partial charge is 0.275 e. The number of allylic oxidation sites excluding steroid dienone is 1. The summed E-state index contributed by atoms with van der Waals surface area (Å²) in [6.45, 7) is 2.18. The molecule has 7 heteroatoms. The monoisotopic (exact) mass is 577 g/mol. The first-order valence-electron chi connectivity index (χ1n) is 14.7. The number of rotatable bonds is 6. The van der Waals surface area contributed by atoms with Crippen molar-refractivity contribution in [1.29, 1.82) is 0 Å². The van der Waals surface area contributed by atoms with E-state index < -0.39 is 12.3 Å². The Bertz CT molecular complexity index is 1640. The number of hydrogen-bond donors (Lipinski definition) is 1. The molecular weight excluding hydrogens is 544 g/mol. The van der Waals surface area contributed by atoms with Gasteiger partial charge in [-0.25, -0.2) is 8.78 Å². The number of amides is 2. The molecule has 0 saturated carbocycles. The van der Waals surface area contributed by atoms with Crippen LogP contribution in [-0.2, 0) is 0 Å². The van der Waals surface area contributed by atoms with Gasteiger partial charge in [0, 0.05) is 47.5 Å². The fourth-order valence-electron chi connectivity index (χ4n) is 5.90. The van der Waals surface area contributed by atoms with E-state index in [4.69, 9.17) is 0 Å². The molecule has 6 rings (SSSR count). The average molecular weight is 578 g/mol. The summed E-state index contributed by atoms with van der Waals surface area (Å²) in [6, 6.07) is 30.6. The number of carbonyl (C=O) groups is 2. The van der Waals surface area contributed by atoms with Crippen LogP contribution in [0.4, 0.5) is 20.2 Å². The van der Waals surface area contributed by atoms with Gasteiger partial charge in [-0.1, -0.05) is 72.8 Å². The Balaban J connectivity index is 1.22. The van der Waals surface area contributed by atoms with Gasteiger partial charge in [-0.15, -0.1) is 0 Å². The molecule has 2 heterocycles. The molecule has 5 nitrogen and oxygen atoms in total. The zero-order chi connectivity index (χ0) is 29.8. The molecule has 1 fully saturated rings. The SMILES string of the molecule is O=C(Nc1ccc(C(=O)N2CCC(F)(F)C(=CCN3CCCC3)c3ccccc32)cc1)c1ccccc1-c1ccccc1. The van der Waals surface area contributed by atoms with Gasteiger partial charge in [0.05, 0.1) is 5.69 Å². The summed E-state index contributed by atoms with van der Waals surface area (Å²) in [5.74, 6) is -3.69. The van der Waals surface area contributed by atoms with E-state index in [-0.39, 0.29) is 23.9 Å². The minimum Gasteiger partial charge on any atom is -0.322 e. The highest BCUT2D eigenvalue weighted by atomic mass is 19.3. The summed E-state index contributed by atoms with van der Waals surface area (Å²) >= 11 is 0. The summed E-state index contributed by atoms with van der Waals surface area (Å²) < 4.78 is 31.0. The molecule has 0 unspecified atom stereocenters. The predicted molar refractivity (Wildman–Crippen MR) is 168 cm³/mol. The number of anilines is 2. The van der Waals surface area contributed by atoms with Crippen molar-refractivity contribution in [2.45, 2.75) is 25.2 Å². The molecule has 43 heavy (non-hydrogen) atoms. The lowest BCUT2D eigenvalue weighted by Crippen LogP contribution is -2.33. The van der Waals surface area contributed by atoms with Crippen LogP contribution in [0.1, 0.15) is 45.5 Å². The van der Waals surface area contributed by atoms with Crippen LogP contribution in [0.3, 0.4) is 0 Å². The number of carbonyl (C=O) groups excluding carboxylic acids is 2. The summed E-state index contributed by atoms with van der Waals surface area (Å²) in [5, 5.41) is 2.92. The largest absolute Gasteiger partial charge is 0.322 e. The summed E-state index contributed by atoms with van der Waals surface area (Å²) in [4.78, 5) is 30.6. The minimum atomic E-state index is -3.06. The van der Waals surface area contributed by atoms with Gasteiger partial charge in [0.15, 0.2) is 0 Å². The second-order valence-electron chi connectivity index (χ2n) is 11.0. The fraction of sp³-hybridized carbons (Fsp3) is 0.222. The molecule has 0 aliphatic carbocycles. The molecule has 0 radical (unpaired) electrons. The van der Waals surface area contributed by atoms with E-state index in [2.05, 4.69) is 10.2 Å². The number of para-hydroxylation sites is 1. The molecule has 0 aromatic heterocycles. The third-order valence-corrected chi connectivity index (χ3v) is 8.17.